The minimum Gasteiger partial charge on any atom is -0.480 e. The number of rotatable bonds is 4. The molecule has 1 atom stereocenters. The van der Waals surface area contributed by atoms with Crippen LogP contribution in [0, 0.1) is 0 Å². The second kappa shape index (κ2) is 5.37. The summed E-state index contributed by atoms with van der Waals surface area (Å²) in [5, 5.41) is 14.0. The Labute approximate surface area is 113 Å². The maximum Gasteiger partial charge on any atom is 0.328 e. The zero-order valence-electron chi connectivity index (χ0n) is 9.12. The summed E-state index contributed by atoms with van der Waals surface area (Å²) in [5.74, 6) is -0.994. The Hall–Kier alpha value is -1.59. The molecule has 1 aromatic heterocycles. The summed E-state index contributed by atoms with van der Waals surface area (Å²) in [5.41, 5.74) is 0.698. The van der Waals surface area contributed by atoms with Gasteiger partial charge in [0, 0.05) is 16.5 Å². The van der Waals surface area contributed by atoms with Crippen molar-refractivity contribution < 1.29 is 9.90 Å². The van der Waals surface area contributed by atoms with Gasteiger partial charge in [-0.15, -0.1) is 0 Å². The molecular formula is C11H9Cl2N3O2. The molecule has 0 saturated carbocycles. The van der Waals surface area contributed by atoms with Gasteiger partial charge in [-0.2, -0.15) is 5.10 Å². The maximum absolute atomic E-state index is 11.2. The largest absolute Gasteiger partial charge is 0.480 e. The minimum atomic E-state index is -0.994. The molecule has 7 heteroatoms. The van der Waals surface area contributed by atoms with Crippen molar-refractivity contribution in [3.05, 3.63) is 46.5 Å². The minimum absolute atomic E-state index is 0.217. The second-order valence-corrected chi connectivity index (χ2v) is 4.51. The molecule has 0 bridgehead atoms. The van der Waals surface area contributed by atoms with E-state index in [1.54, 1.807) is 18.2 Å². The zero-order valence-corrected chi connectivity index (χ0v) is 10.6. The summed E-state index contributed by atoms with van der Waals surface area (Å²) in [6.45, 7) is 0. The number of aliphatic carboxylic acids is 1. The first kappa shape index (κ1) is 12.9. The van der Waals surface area contributed by atoms with Crippen LogP contribution in [0.1, 0.15) is 11.6 Å². The fraction of sp³-hybridized carbons (Fsp3) is 0.182. The van der Waals surface area contributed by atoms with Crippen LogP contribution in [0.3, 0.4) is 0 Å². The standard InChI is InChI=1S/C11H9Cl2N3O2/c12-8-2-1-7(9(13)4-8)3-10(11(17)18)16-6-14-5-15-16/h1-2,4-6,10H,3H2,(H,17,18). The first-order valence-corrected chi connectivity index (χ1v) is 5.84. The predicted octanol–water partition coefficient (Wildman–Crippen LogP) is 2.45. The van der Waals surface area contributed by atoms with Crippen molar-refractivity contribution in [2.24, 2.45) is 0 Å². The average Bonchev–Trinajstić information content (AvgIpc) is 2.80. The van der Waals surface area contributed by atoms with E-state index in [4.69, 9.17) is 23.2 Å². The third-order valence-electron chi connectivity index (χ3n) is 2.47. The van der Waals surface area contributed by atoms with Crippen LogP contribution < -0.4 is 0 Å². The summed E-state index contributed by atoms with van der Waals surface area (Å²) in [4.78, 5) is 15.0. The number of carbonyl (C=O) groups is 1. The zero-order chi connectivity index (χ0) is 13.1. The molecule has 2 aromatic rings. The Balaban J connectivity index is 2.27. The van der Waals surface area contributed by atoms with E-state index in [1.165, 1.54) is 17.3 Å². The van der Waals surface area contributed by atoms with Crippen LogP contribution in [0.5, 0.6) is 0 Å². The summed E-state index contributed by atoms with van der Waals surface area (Å²) in [6.07, 6.45) is 2.87. The van der Waals surface area contributed by atoms with E-state index in [-0.39, 0.29) is 6.42 Å². The van der Waals surface area contributed by atoms with Crippen LogP contribution in [0.15, 0.2) is 30.9 Å². The van der Waals surface area contributed by atoms with Crippen molar-refractivity contribution in [2.75, 3.05) is 0 Å². The molecule has 0 aliphatic heterocycles. The third-order valence-corrected chi connectivity index (χ3v) is 3.06. The molecule has 18 heavy (non-hydrogen) atoms. The first-order chi connectivity index (χ1) is 8.58. The fourth-order valence-electron chi connectivity index (χ4n) is 1.57. The van der Waals surface area contributed by atoms with Crippen molar-refractivity contribution in [2.45, 2.75) is 12.5 Å². The van der Waals surface area contributed by atoms with Crippen LogP contribution in [0.2, 0.25) is 10.0 Å². The van der Waals surface area contributed by atoms with Gasteiger partial charge in [0.15, 0.2) is 6.04 Å². The van der Waals surface area contributed by atoms with E-state index in [0.29, 0.717) is 15.6 Å². The summed E-state index contributed by atoms with van der Waals surface area (Å²) in [7, 11) is 0. The van der Waals surface area contributed by atoms with Crippen molar-refractivity contribution in [3.8, 4) is 0 Å². The molecule has 0 saturated heterocycles. The van der Waals surface area contributed by atoms with E-state index in [9.17, 15) is 9.90 Å². The van der Waals surface area contributed by atoms with Crippen LogP contribution in [-0.2, 0) is 11.2 Å². The molecule has 0 aliphatic carbocycles. The lowest BCUT2D eigenvalue weighted by molar-refractivity contribution is -0.141. The third kappa shape index (κ3) is 2.80. The topological polar surface area (TPSA) is 68.0 Å². The number of hydrogen-bond acceptors (Lipinski definition) is 3. The van der Waals surface area contributed by atoms with E-state index in [0.717, 1.165) is 0 Å². The number of halogens is 2. The Kier molecular flexibility index (Phi) is 3.84. The van der Waals surface area contributed by atoms with Crippen molar-refractivity contribution >= 4 is 29.2 Å². The van der Waals surface area contributed by atoms with Gasteiger partial charge in [0.05, 0.1) is 0 Å². The quantitative estimate of drug-likeness (QED) is 0.937. The fourth-order valence-corrected chi connectivity index (χ4v) is 2.05. The van der Waals surface area contributed by atoms with Crippen LogP contribution in [0.4, 0.5) is 0 Å². The first-order valence-electron chi connectivity index (χ1n) is 5.09. The van der Waals surface area contributed by atoms with E-state index < -0.39 is 12.0 Å². The predicted molar refractivity (Wildman–Crippen MR) is 66.9 cm³/mol. The molecule has 1 N–H and O–H groups in total. The summed E-state index contributed by atoms with van der Waals surface area (Å²) in [6, 6.07) is 4.12. The lowest BCUT2D eigenvalue weighted by Crippen LogP contribution is -2.22. The van der Waals surface area contributed by atoms with Crippen LogP contribution in [0.25, 0.3) is 0 Å². The van der Waals surface area contributed by atoms with Gasteiger partial charge in [0.25, 0.3) is 0 Å². The lowest BCUT2D eigenvalue weighted by atomic mass is 10.1. The molecule has 0 aliphatic rings. The Morgan fingerprint density at radius 1 is 1.44 bits per heavy atom. The van der Waals surface area contributed by atoms with E-state index in [1.807, 2.05) is 0 Å². The molecular weight excluding hydrogens is 277 g/mol. The second-order valence-electron chi connectivity index (χ2n) is 3.67. The monoisotopic (exact) mass is 285 g/mol. The normalized spacial score (nSPS) is 12.3. The van der Waals surface area contributed by atoms with Gasteiger partial charge in [-0.05, 0) is 17.7 Å². The molecule has 0 spiro atoms. The number of nitrogens with zero attached hydrogens (tertiary/aromatic N) is 3. The van der Waals surface area contributed by atoms with Gasteiger partial charge < -0.3 is 5.11 Å². The van der Waals surface area contributed by atoms with Crippen molar-refractivity contribution in [1.82, 2.24) is 14.8 Å². The number of benzene rings is 1. The molecule has 0 radical (unpaired) electrons. The molecule has 2 rings (SSSR count). The van der Waals surface area contributed by atoms with E-state index >= 15 is 0 Å². The number of aromatic nitrogens is 3. The Bertz CT molecular complexity index is 557. The van der Waals surface area contributed by atoms with Gasteiger partial charge in [-0.3, -0.25) is 0 Å². The van der Waals surface area contributed by atoms with Gasteiger partial charge in [-0.25, -0.2) is 14.5 Å². The van der Waals surface area contributed by atoms with Gasteiger partial charge in [0.1, 0.15) is 12.7 Å². The number of hydrogen-bond donors (Lipinski definition) is 1. The molecule has 1 heterocycles. The molecule has 0 amide bonds. The summed E-state index contributed by atoms with van der Waals surface area (Å²) >= 11 is 11.8. The van der Waals surface area contributed by atoms with Crippen molar-refractivity contribution in [1.29, 1.82) is 0 Å². The van der Waals surface area contributed by atoms with Gasteiger partial charge >= 0.3 is 5.97 Å². The highest BCUT2D eigenvalue weighted by Gasteiger charge is 2.21. The van der Waals surface area contributed by atoms with Crippen LogP contribution in [-0.4, -0.2) is 25.8 Å². The molecule has 1 aromatic carbocycles. The molecule has 94 valence electrons. The number of carboxylic acid groups (broad SMARTS) is 1. The van der Waals surface area contributed by atoms with Crippen LogP contribution >= 0.6 is 23.2 Å². The van der Waals surface area contributed by atoms with Crippen molar-refractivity contribution in [3.63, 3.8) is 0 Å². The highest BCUT2D eigenvalue weighted by Crippen LogP contribution is 2.24. The number of carboxylic acids is 1. The summed E-state index contributed by atoms with van der Waals surface area (Å²) < 4.78 is 1.28. The average molecular weight is 286 g/mol. The van der Waals surface area contributed by atoms with E-state index in [2.05, 4.69) is 10.1 Å². The SMILES string of the molecule is O=C(O)C(Cc1ccc(Cl)cc1Cl)n1cncn1. The molecule has 1 unspecified atom stereocenters. The lowest BCUT2D eigenvalue weighted by Gasteiger charge is -2.13. The highest BCUT2D eigenvalue weighted by atomic mass is 35.5. The van der Waals surface area contributed by atoms with Gasteiger partial charge in [0.2, 0.25) is 0 Å². The Morgan fingerprint density at radius 2 is 2.22 bits per heavy atom. The maximum atomic E-state index is 11.2. The van der Waals surface area contributed by atoms with Gasteiger partial charge in [-0.1, -0.05) is 29.3 Å². The molecule has 0 fully saturated rings. The molecule has 5 nitrogen and oxygen atoms in total. The highest BCUT2D eigenvalue weighted by molar-refractivity contribution is 6.35. The smallest absolute Gasteiger partial charge is 0.328 e. The Morgan fingerprint density at radius 3 is 2.78 bits per heavy atom.